The molecule has 0 unspecified atom stereocenters. The number of hydrogen-bond donors (Lipinski definition) is 0. The van der Waals surface area contributed by atoms with Gasteiger partial charge in [-0.25, -0.2) is 0 Å². The van der Waals surface area contributed by atoms with Crippen molar-refractivity contribution in [2.45, 2.75) is 26.3 Å². The monoisotopic (exact) mass is 316 g/mol. The Morgan fingerprint density at radius 2 is 1.88 bits per heavy atom. The molecule has 4 heteroatoms. The van der Waals surface area contributed by atoms with Crippen LogP contribution in [0.2, 0.25) is 0 Å². The van der Waals surface area contributed by atoms with Crippen LogP contribution in [0.5, 0.6) is 0 Å². The van der Waals surface area contributed by atoms with Crippen LogP contribution in [0.1, 0.15) is 29.7 Å². The minimum absolute atomic E-state index is 0.681. The first-order chi connectivity index (χ1) is 11.7. The van der Waals surface area contributed by atoms with Gasteiger partial charge in [-0.3, -0.25) is 9.88 Å². The topological polar surface area (TPSA) is 44.9 Å². The lowest BCUT2D eigenvalue weighted by molar-refractivity contribution is 0.331. The third-order valence-electron chi connectivity index (χ3n) is 4.75. The molecular formula is C20H20N4. The van der Waals surface area contributed by atoms with Crippen molar-refractivity contribution in [3.05, 3.63) is 59.4 Å². The van der Waals surface area contributed by atoms with Gasteiger partial charge in [0.1, 0.15) is 0 Å². The summed E-state index contributed by atoms with van der Waals surface area (Å²) in [6.45, 7) is 5.45. The van der Waals surface area contributed by atoms with Crippen LogP contribution in [0.15, 0.2) is 42.6 Å². The maximum atomic E-state index is 8.99. The zero-order valence-corrected chi connectivity index (χ0v) is 13.9. The fourth-order valence-corrected chi connectivity index (χ4v) is 3.56. The van der Waals surface area contributed by atoms with Crippen molar-refractivity contribution in [3.63, 3.8) is 0 Å². The molecule has 4 nitrogen and oxygen atoms in total. The highest BCUT2D eigenvalue weighted by atomic mass is 15.1. The van der Waals surface area contributed by atoms with Gasteiger partial charge in [0.25, 0.3) is 0 Å². The van der Waals surface area contributed by atoms with E-state index in [9.17, 15) is 0 Å². The van der Waals surface area contributed by atoms with Gasteiger partial charge in [-0.2, -0.15) is 5.26 Å². The highest BCUT2D eigenvalue weighted by Gasteiger charge is 2.14. The summed E-state index contributed by atoms with van der Waals surface area (Å²) in [7, 11) is 0. The average Bonchev–Trinajstić information content (AvgIpc) is 3.22. The minimum Gasteiger partial charge on any atom is -0.312 e. The molecule has 0 amide bonds. The maximum Gasteiger partial charge on any atom is 0.0991 e. The van der Waals surface area contributed by atoms with Crippen LogP contribution in [0.4, 0.5) is 0 Å². The van der Waals surface area contributed by atoms with E-state index in [4.69, 9.17) is 5.26 Å². The highest BCUT2D eigenvalue weighted by molar-refractivity contribution is 5.80. The summed E-state index contributed by atoms with van der Waals surface area (Å²) in [6.07, 6.45) is 4.61. The van der Waals surface area contributed by atoms with E-state index >= 15 is 0 Å². The van der Waals surface area contributed by atoms with Crippen molar-refractivity contribution >= 4 is 11.0 Å². The van der Waals surface area contributed by atoms with Crippen molar-refractivity contribution in [3.8, 4) is 11.8 Å². The molecule has 1 saturated heterocycles. The quantitative estimate of drug-likeness (QED) is 0.738. The van der Waals surface area contributed by atoms with E-state index in [-0.39, 0.29) is 0 Å². The zero-order chi connectivity index (χ0) is 16.5. The zero-order valence-electron chi connectivity index (χ0n) is 13.9. The van der Waals surface area contributed by atoms with Crippen LogP contribution < -0.4 is 0 Å². The van der Waals surface area contributed by atoms with Crippen molar-refractivity contribution in [1.29, 1.82) is 5.26 Å². The van der Waals surface area contributed by atoms with Crippen molar-refractivity contribution < 1.29 is 0 Å². The van der Waals surface area contributed by atoms with Crippen LogP contribution in [0.3, 0.4) is 0 Å². The molecule has 1 aliphatic heterocycles. The average molecular weight is 316 g/mol. The number of pyridine rings is 1. The van der Waals surface area contributed by atoms with E-state index in [0.717, 1.165) is 29.0 Å². The van der Waals surface area contributed by atoms with E-state index in [1.54, 1.807) is 0 Å². The molecule has 3 aromatic rings. The van der Waals surface area contributed by atoms with Gasteiger partial charge < -0.3 is 4.57 Å². The number of nitrogens with zero attached hydrogens (tertiary/aromatic N) is 4. The molecule has 24 heavy (non-hydrogen) atoms. The molecule has 0 spiro atoms. The van der Waals surface area contributed by atoms with Crippen molar-refractivity contribution in [2.24, 2.45) is 0 Å². The number of aryl methyl sites for hydroxylation is 1. The fourth-order valence-electron chi connectivity index (χ4n) is 3.56. The van der Waals surface area contributed by atoms with Gasteiger partial charge in [0, 0.05) is 24.1 Å². The summed E-state index contributed by atoms with van der Waals surface area (Å²) in [5.74, 6) is 0. The van der Waals surface area contributed by atoms with Crippen molar-refractivity contribution in [2.75, 3.05) is 13.1 Å². The lowest BCUT2D eigenvalue weighted by atomic mass is 10.2. The number of hydrogen-bond acceptors (Lipinski definition) is 3. The minimum atomic E-state index is 0.681. The van der Waals surface area contributed by atoms with Crippen molar-refractivity contribution in [1.82, 2.24) is 14.5 Å². The lowest BCUT2D eigenvalue weighted by Gasteiger charge is -2.15. The second-order valence-electron chi connectivity index (χ2n) is 6.51. The van der Waals surface area contributed by atoms with Gasteiger partial charge in [0.15, 0.2) is 0 Å². The number of aromatic nitrogens is 2. The Labute approximate surface area is 142 Å². The second kappa shape index (κ2) is 6.10. The molecule has 0 saturated carbocycles. The summed E-state index contributed by atoms with van der Waals surface area (Å²) in [4.78, 5) is 7.15. The van der Waals surface area contributed by atoms with Gasteiger partial charge in [0.05, 0.1) is 22.7 Å². The molecule has 120 valence electrons. The molecule has 1 aliphatic rings. The first-order valence-electron chi connectivity index (χ1n) is 8.44. The molecule has 0 aliphatic carbocycles. The van der Waals surface area contributed by atoms with Gasteiger partial charge in [0.2, 0.25) is 0 Å². The van der Waals surface area contributed by atoms with Crippen LogP contribution in [-0.2, 0) is 6.54 Å². The fraction of sp³-hybridized carbons (Fsp3) is 0.300. The Balaban J connectivity index is 1.75. The summed E-state index contributed by atoms with van der Waals surface area (Å²) in [5.41, 5.74) is 6.32. The van der Waals surface area contributed by atoms with E-state index in [2.05, 4.69) is 39.6 Å². The Bertz CT molecular complexity index is 909. The van der Waals surface area contributed by atoms with E-state index in [1.165, 1.54) is 31.5 Å². The molecular weight excluding hydrogens is 296 g/mol. The Morgan fingerprint density at radius 1 is 1.12 bits per heavy atom. The van der Waals surface area contributed by atoms with Crippen LogP contribution >= 0.6 is 0 Å². The molecule has 3 heterocycles. The SMILES string of the molecule is Cc1cc2ncc(CN3CCCC3)cc2n1-c1ccc(C#N)cc1. The molecule has 4 rings (SSSR count). The molecule has 1 fully saturated rings. The summed E-state index contributed by atoms with van der Waals surface area (Å²) in [6, 6.07) is 14.3. The normalized spacial score (nSPS) is 15.0. The van der Waals surface area contributed by atoms with Gasteiger partial charge in [-0.1, -0.05) is 0 Å². The van der Waals surface area contributed by atoms with Crippen LogP contribution in [-0.4, -0.2) is 27.5 Å². The lowest BCUT2D eigenvalue weighted by Crippen LogP contribution is -2.18. The first kappa shape index (κ1) is 14.9. The second-order valence-corrected chi connectivity index (χ2v) is 6.51. The molecule has 0 bridgehead atoms. The largest absolute Gasteiger partial charge is 0.312 e. The Kier molecular flexibility index (Phi) is 3.79. The Morgan fingerprint density at radius 3 is 2.58 bits per heavy atom. The molecule has 2 aromatic heterocycles. The first-order valence-corrected chi connectivity index (χ1v) is 8.44. The summed E-state index contributed by atoms with van der Waals surface area (Å²) < 4.78 is 2.22. The number of rotatable bonds is 3. The summed E-state index contributed by atoms with van der Waals surface area (Å²) in [5, 5.41) is 8.99. The van der Waals surface area contributed by atoms with E-state index in [0.29, 0.717) is 5.56 Å². The predicted molar refractivity (Wildman–Crippen MR) is 95.0 cm³/mol. The molecule has 1 aromatic carbocycles. The summed E-state index contributed by atoms with van der Waals surface area (Å²) >= 11 is 0. The third-order valence-corrected chi connectivity index (χ3v) is 4.75. The molecule has 0 atom stereocenters. The van der Waals surface area contributed by atoms with Gasteiger partial charge in [-0.15, -0.1) is 0 Å². The maximum absolute atomic E-state index is 8.99. The van der Waals surface area contributed by atoms with Gasteiger partial charge >= 0.3 is 0 Å². The van der Waals surface area contributed by atoms with Crippen LogP contribution in [0.25, 0.3) is 16.7 Å². The smallest absolute Gasteiger partial charge is 0.0991 e. The van der Waals surface area contributed by atoms with Gasteiger partial charge in [-0.05, 0) is 74.8 Å². The number of nitriles is 1. The standard InChI is InChI=1S/C20H20N4/c1-15-10-19-20(24(15)18-6-4-16(12-21)5-7-18)11-17(13-22-19)14-23-8-2-3-9-23/h4-7,10-11,13H,2-3,8-9,14H2,1H3. The predicted octanol–water partition coefficient (Wildman–Crippen LogP) is 3.80. The third kappa shape index (κ3) is 2.68. The highest BCUT2D eigenvalue weighted by Crippen LogP contribution is 2.24. The number of likely N-dealkylation sites (tertiary alicyclic amines) is 1. The molecule has 0 N–H and O–H groups in total. The number of fused-ring (bicyclic) bond motifs is 1. The van der Waals surface area contributed by atoms with E-state index in [1.807, 2.05) is 30.5 Å². The number of benzene rings is 1. The molecule has 0 radical (unpaired) electrons. The Hall–Kier alpha value is -2.64. The van der Waals surface area contributed by atoms with E-state index < -0.39 is 0 Å². The van der Waals surface area contributed by atoms with Crippen LogP contribution in [0, 0.1) is 18.3 Å².